The summed E-state index contributed by atoms with van der Waals surface area (Å²) in [5.41, 5.74) is 1.09. The Kier molecular flexibility index (Phi) is 4.02. The molecule has 0 saturated carbocycles. The number of nitrogens with zero attached hydrogens (tertiary/aromatic N) is 1. The van der Waals surface area contributed by atoms with Gasteiger partial charge in [0.05, 0.1) is 10.0 Å². The molecule has 0 aliphatic carbocycles. The first-order chi connectivity index (χ1) is 11.0. The van der Waals surface area contributed by atoms with Crippen molar-refractivity contribution in [3.05, 3.63) is 56.7 Å². The van der Waals surface area contributed by atoms with Gasteiger partial charge in [-0.25, -0.2) is 9.69 Å². The maximum absolute atomic E-state index is 12.7. The van der Waals surface area contributed by atoms with E-state index in [1.165, 1.54) is 17.4 Å². The molecule has 1 N–H and O–H groups in total. The molecule has 4 amide bonds. The molecule has 1 aliphatic rings. The lowest BCUT2D eigenvalue weighted by molar-refractivity contribution is -0.122. The number of imide groups is 2. The molecule has 3 rings (SSSR count). The first kappa shape index (κ1) is 15.5. The SMILES string of the molecule is Cc1ccccc1N1C(=O)NC(=O)/C(=C/c2ccc(Cl)s2)C1=O. The molecule has 1 fully saturated rings. The first-order valence-electron chi connectivity index (χ1n) is 6.70. The van der Waals surface area contributed by atoms with Gasteiger partial charge in [-0.3, -0.25) is 14.9 Å². The van der Waals surface area contributed by atoms with Gasteiger partial charge >= 0.3 is 6.03 Å². The summed E-state index contributed by atoms with van der Waals surface area (Å²) in [5, 5.41) is 2.19. The number of nitrogens with one attached hydrogen (secondary N) is 1. The third-order valence-electron chi connectivity index (χ3n) is 3.34. The van der Waals surface area contributed by atoms with E-state index in [0.717, 1.165) is 10.5 Å². The Bertz CT molecular complexity index is 857. The van der Waals surface area contributed by atoms with Gasteiger partial charge in [0, 0.05) is 4.88 Å². The summed E-state index contributed by atoms with van der Waals surface area (Å²) in [6.45, 7) is 1.79. The molecule has 2 aromatic rings. The average molecular weight is 347 g/mol. The smallest absolute Gasteiger partial charge is 0.273 e. The van der Waals surface area contributed by atoms with Crippen molar-refractivity contribution in [2.45, 2.75) is 6.92 Å². The normalized spacial score (nSPS) is 16.9. The minimum Gasteiger partial charge on any atom is -0.273 e. The zero-order chi connectivity index (χ0) is 16.6. The molecular formula is C16H11ClN2O3S. The van der Waals surface area contributed by atoms with Gasteiger partial charge in [0.25, 0.3) is 11.8 Å². The molecule has 2 heterocycles. The summed E-state index contributed by atoms with van der Waals surface area (Å²) in [5.74, 6) is -1.37. The minimum absolute atomic E-state index is 0.105. The van der Waals surface area contributed by atoms with Crippen LogP contribution in [0.25, 0.3) is 6.08 Å². The van der Waals surface area contributed by atoms with Crippen LogP contribution in [0.15, 0.2) is 42.0 Å². The maximum atomic E-state index is 12.7. The summed E-state index contributed by atoms with van der Waals surface area (Å²) >= 11 is 7.10. The van der Waals surface area contributed by atoms with E-state index in [-0.39, 0.29) is 5.57 Å². The fourth-order valence-corrected chi connectivity index (χ4v) is 3.24. The van der Waals surface area contributed by atoms with Crippen LogP contribution in [-0.2, 0) is 9.59 Å². The van der Waals surface area contributed by atoms with Crippen LogP contribution < -0.4 is 10.2 Å². The van der Waals surface area contributed by atoms with Crippen LogP contribution in [0, 0.1) is 6.92 Å². The van der Waals surface area contributed by atoms with Gasteiger partial charge < -0.3 is 0 Å². The van der Waals surface area contributed by atoms with Gasteiger partial charge in [-0.2, -0.15) is 0 Å². The zero-order valence-electron chi connectivity index (χ0n) is 12.0. The van der Waals surface area contributed by atoms with Crippen LogP contribution in [0.1, 0.15) is 10.4 Å². The Hall–Kier alpha value is -2.44. The molecule has 1 aromatic heterocycles. The highest BCUT2D eigenvalue weighted by atomic mass is 35.5. The number of hydrogen-bond donors (Lipinski definition) is 1. The number of carbonyl (C=O) groups excluding carboxylic acids is 3. The van der Waals surface area contributed by atoms with Crippen LogP contribution in [0.4, 0.5) is 10.5 Å². The van der Waals surface area contributed by atoms with Crippen molar-refractivity contribution < 1.29 is 14.4 Å². The van der Waals surface area contributed by atoms with Crippen molar-refractivity contribution >= 4 is 52.5 Å². The number of anilines is 1. The number of aryl methyl sites for hydroxylation is 1. The number of rotatable bonds is 2. The Balaban J connectivity index is 2.04. The predicted molar refractivity (Wildman–Crippen MR) is 89.5 cm³/mol. The lowest BCUT2D eigenvalue weighted by atomic mass is 10.1. The highest BCUT2D eigenvalue weighted by Gasteiger charge is 2.37. The number of urea groups is 1. The Morgan fingerprint density at radius 1 is 1.13 bits per heavy atom. The monoisotopic (exact) mass is 346 g/mol. The molecular weight excluding hydrogens is 336 g/mol. The van der Waals surface area contributed by atoms with Gasteiger partial charge in [-0.1, -0.05) is 29.8 Å². The van der Waals surface area contributed by atoms with Crippen molar-refractivity contribution in [2.75, 3.05) is 4.90 Å². The van der Waals surface area contributed by atoms with Crippen molar-refractivity contribution in [1.29, 1.82) is 0 Å². The summed E-state index contributed by atoms with van der Waals surface area (Å²) in [6.07, 6.45) is 1.44. The molecule has 0 atom stereocenters. The van der Waals surface area contributed by atoms with E-state index in [1.54, 1.807) is 43.3 Å². The van der Waals surface area contributed by atoms with E-state index in [4.69, 9.17) is 11.6 Å². The third kappa shape index (κ3) is 2.91. The zero-order valence-corrected chi connectivity index (χ0v) is 13.6. The Morgan fingerprint density at radius 3 is 2.52 bits per heavy atom. The number of hydrogen-bond acceptors (Lipinski definition) is 4. The molecule has 0 radical (unpaired) electrons. The second-order valence-electron chi connectivity index (χ2n) is 4.89. The van der Waals surface area contributed by atoms with Crippen molar-refractivity contribution in [2.24, 2.45) is 0 Å². The number of para-hydroxylation sites is 1. The fraction of sp³-hybridized carbons (Fsp3) is 0.0625. The number of amides is 4. The Labute approximate surface area is 141 Å². The number of carbonyl (C=O) groups is 3. The number of thiophene rings is 1. The van der Waals surface area contributed by atoms with Crippen LogP contribution in [0.5, 0.6) is 0 Å². The standard InChI is InChI=1S/C16H11ClN2O3S/c1-9-4-2-3-5-12(9)19-15(21)11(14(20)18-16(19)22)8-10-6-7-13(17)23-10/h2-8H,1H3,(H,18,20,22)/b11-8-. The third-order valence-corrected chi connectivity index (χ3v) is 4.52. The van der Waals surface area contributed by atoms with Gasteiger partial charge in [0.15, 0.2) is 0 Å². The number of benzene rings is 1. The molecule has 5 nitrogen and oxygen atoms in total. The second kappa shape index (κ2) is 5.98. The van der Waals surface area contributed by atoms with Gasteiger partial charge in [0.2, 0.25) is 0 Å². The molecule has 23 heavy (non-hydrogen) atoms. The molecule has 7 heteroatoms. The summed E-state index contributed by atoms with van der Waals surface area (Å²) in [4.78, 5) is 38.4. The molecule has 116 valence electrons. The van der Waals surface area contributed by atoms with E-state index >= 15 is 0 Å². The van der Waals surface area contributed by atoms with Crippen LogP contribution in [-0.4, -0.2) is 17.8 Å². The highest BCUT2D eigenvalue weighted by molar-refractivity contribution is 7.17. The van der Waals surface area contributed by atoms with E-state index in [9.17, 15) is 14.4 Å². The molecule has 0 bridgehead atoms. The van der Waals surface area contributed by atoms with Crippen molar-refractivity contribution in [3.8, 4) is 0 Å². The average Bonchev–Trinajstić information content (AvgIpc) is 2.91. The first-order valence-corrected chi connectivity index (χ1v) is 7.89. The Morgan fingerprint density at radius 2 is 1.87 bits per heavy atom. The summed E-state index contributed by atoms with van der Waals surface area (Å²) < 4.78 is 0.548. The maximum Gasteiger partial charge on any atom is 0.335 e. The lowest BCUT2D eigenvalue weighted by Gasteiger charge is -2.27. The quantitative estimate of drug-likeness (QED) is 0.669. The summed E-state index contributed by atoms with van der Waals surface area (Å²) in [6, 6.07) is 9.60. The molecule has 0 spiro atoms. The number of barbiturate groups is 1. The van der Waals surface area contributed by atoms with Crippen LogP contribution >= 0.6 is 22.9 Å². The van der Waals surface area contributed by atoms with Crippen LogP contribution in [0.2, 0.25) is 4.34 Å². The topological polar surface area (TPSA) is 66.5 Å². The van der Waals surface area contributed by atoms with E-state index in [1.807, 2.05) is 0 Å². The molecule has 0 unspecified atom stereocenters. The summed E-state index contributed by atoms with van der Waals surface area (Å²) in [7, 11) is 0. The minimum atomic E-state index is -0.754. The lowest BCUT2D eigenvalue weighted by Crippen LogP contribution is -2.54. The van der Waals surface area contributed by atoms with Gasteiger partial charge in [0.1, 0.15) is 5.57 Å². The van der Waals surface area contributed by atoms with E-state index in [0.29, 0.717) is 14.9 Å². The largest absolute Gasteiger partial charge is 0.335 e. The molecule has 1 aromatic carbocycles. The van der Waals surface area contributed by atoms with Gasteiger partial charge in [-0.15, -0.1) is 11.3 Å². The molecule has 1 aliphatic heterocycles. The van der Waals surface area contributed by atoms with Gasteiger partial charge in [-0.05, 0) is 36.8 Å². The van der Waals surface area contributed by atoms with Crippen molar-refractivity contribution in [1.82, 2.24) is 5.32 Å². The van der Waals surface area contributed by atoms with E-state index < -0.39 is 17.8 Å². The second-order valence-corrected chi connectivity index (χ2v) is 6.63. The highest BCUT2D eigenvalue weighted by Crippen LogP contribution is 2.27. The fourth-order valence-electron chi connectivity index (χ4n) is 2.24. The predicted octanol–water partition coefficient (Wildman–Crippen LogP) is 3.38. The number of halogens is 1. The molecule has 1 saturated heterocycles. The van der Waals surface area contributed by atoms with E-state index in [2.05, 4.69) is 5.32 Å². The van der Waals surface area contributed by atoms with Crippen molar-refractivity contribution in [3.63, 3.8) is 0 Å². The van der Waals surface area contributed by atoms with Crippen LogP contribution in [0.3, 0.4) is 0 Å².